The molecule has 0 aliphatic carbocycles. The first-order valence-electron chi connectivity index (χ1n) is 6.98. The lowest BCUT2D eigenvalue weighted by atomic mass is 10.00. The molecule has 2 heterocycles. The highest BCUT2D eigenvalue weighted by molar-refractivity contribution is 6.05. The molecular weight excluding hydrogens is 266 g/mol. The maximum atomic E-state index is 12.2. The number of carbonyl (C=O) groups excluding carboxylic acids is 2. The van der Waals surface area contributed by atoms with Gasteiger partial charge in [-0.3, -0.25) is 19.5 Å². The Labute approximate surface area is 122 Å². The van der Waals surface area contributed by atoms with Crippen molar-refractivity contribution >= 4 is 28.4 Å². The fraction of sp³-hybridized carbons (Fsp3) is 0.312. The van der Waals surface area contributed by atoms with E-state index in [1.807, 2.05) is 18.2 Å². The molecule has 0 bridgehead atoms. The number of nitrogen functional groups attached to an aromatic ring is 1. The molecule has 1 aliphatic rings. The van der Waals surface area contributed by atoms with Crippen LogP contribution in [0.25, 0.3) is 10.9 Å². The van der Waals surface area contributed by atoms with Crippen molar-refractivity contribution in [1.29, 1.82) is 0 Å². The number of likely N-dealkylation sites (tertiary alicyclic amines) is 1. The summed E-state index contributed by atoms with van der Waals surface area (Å²) in [5, 5.41) is 0.843. The third kappa shape index (κ3) is 2.05. The molecule has 21 heavy (non-hydrogen) atoms. The highest BCUT2D eigenvalue weighted by atomic mass is 16.2. The lowest BCUT2D eigenvalue weighted by Crippen LogP contribution is -2.30. The predicted molar refractivity (Wildman–Crippen MR) is 80.0 cm³/mol. The van der Waals surface area contributed by atoms with Crippen LogP contribution in [-0.4, -0.2) is 21.7 Å². The van der Waals surface area contributed by atoms with E-state index in [9.17, 15) is 9.59 Å². The van der Waals surface area contributed by atoms with Crippen molar-refractivity contribution in [3.63, 3.8) is 0 Å². The molecule has 1 aromatic carbocycles. The van der Waals surface area contributed by atoms with E-state index in [1.54, 1.807) is 26.1 Å². The van der Waals surface area contributed by atoms with Gasteiger partial charge in [0.1, 0.15) is 0 Å². The minimum absolute atomic E-state index is 0.117. The van der Waals surface area contributed by atoms with Gasteiger partial charge in [-0.15, -0.1) is 0 Å². The number of anilines is 1. The molecule has 1 fully saturated rings. The van der Waals surface area contributed by atoms with Crippen LogP contribution in [0.15, 0.2) is 30.5 Å². The summed E-state index contributed by atoms with van der Waals surface area (Å²) in [5.74, 6) is -0.752. The van der Waals surface area contributed by atoms with Crippen molar-refractivity contribution in [2.45, 2.75) is 20.4 Å². The molecule has 1 aliphatic heterocycles. The SMILES string of the molecule is CC1C(=O)N(Cc2ccc(N)c3cccnc23)C(=O)C1C. The molecule has 1 saturated heterocycles. The van der Waals surface area contributed by atoms with Crippen LogP contribution in [0.3, 0.4) is 0 Å². The quantitative estimate of drug-likeness (QED) is 0.675. The summed E-state index contributed by atoms with van der Waals surface area (Å²) < 4.78 is 0. The first-order chi connectivity index (χ1) is 10.0. The van der Waals surface area contributed by atoms with Crippen molar-refractivity contribution in [2.75, 3.05) is 5.73 Å². The van der Waals surface area contributed by atoms with Crippen LogP contribution in [-0.2, 0) is 16.1 Å². The Bertz CT molecular complexity index is 721. The number of rotatable bonds is 2. The van der Waals surface area contributed by atoms with Crippen LogP contribution < -0.4 is 5.73 Å². The number of hydrogen-bond acceptors (Lipinski definition) is 4. The van der Waals surface area contributed by atoms with Crippen LogP contribution in [0.1, 0.15) is 19.4 Å². The smallest absolute Gasteiger partial charge is 0.233 e. The Morgan fingerprint density at radius 3 is 2.48 bits per heavy atom. The topological polar surface area (TPSA) is 76.3 Å². The minimum Gasteiger partial charge on any atom is -0.398 e. The predicted octanol–water partition coefficient (Wildman–Crippen LogP) is 1.96. The van der Waals surface area contributed by atoms with E-state index in [1.165, 1.54) is 4.90 Å². The molecule has 108 valence electrons. The normalized spacial score (nSPS) is 22.3. The van der Waals surface area contributed by atoms with E-state index in [2.05, 4.69) is 4.98 Å². The molecule has 0 radical (unpaired) electrons. The summed E-state index contributed by atoms with van der Waals surface area (Å²) >= 11 is 0. The number of hydrogen-bond donors (Lipinski definition) is 1. The summed E-state index contributed by atoms with van der Waals surface area (Å²) in [5.41, 5.74) is 8.16. The van der Waals surface area contributed by atoms with E-state index < -0.39 is 0 Å². The Balaban J connectivity index is 2.02. The number of aromatic nitrogens is 1. The van der Waals surface area contributed by atoms with E-state index in [0.29, 0.717) is 5.69 Å². The molecule has 5 nitrogen and oxygen atoms in total. The van der Waals surface area contributed by atoms with E-state index >= 15 is 0 Å². The second-order valence-electron chi connectivity index (χ2n) is 5.55. The number of nitrogens with zero attached hydrogens (tertiary/aromatic N) is 2. The van der Waals surface area contributed by atoms with Gasteiger partial charge in [-0.05, 0) is 23.8 Å². The summed E-state index contributed by atoms with van der Waals surface area (Å²) in [6, 6.07) is 7.33. The number of amides is 2. The third-order valence-electron chi connectivity index (χ3n) is 4.28. The van der Waals surface area contributed by atoms with Gasteiger partial charge in [-0.1, -0.05) is 19.9 Å². The van der Waals surface area contributed by atoms with Gasteiger partial charge in [-0.25, -0.2) is 0 Å². The van der Waals surface area contributed by atoms with Gasteiger partial charge in [0.15, 0.2) is 0 Å². The van der Waals surface area contributed by atoms with Crippen molar-refractivity contribution in [1.82, 2.24) is 9.88 Å². The molecule has 0 saturated carbocycles. The van der Waals surface area contributed by atoms with Gasteiger partial charge in [0.2, 0.25) is 11.8 Å². The summed E-state index contributed by atoms with van der Waals surface area (Å²) in [7, 11) is 0. The van der Waals surface area contributed by atoms with Crippen LogP contribution in [0, 0.1) is 11.8 Å². The lowest BCUT2D eigenvalue weighted by Gasteiger charge is -2.16. The maximum Gasteiger partial charge on any atom is 0.233 e. The van der Waals surface area contributed by atoms with Crippen LogP contribution in [0.4, 0.5) is 5.69 Å². The first kappa shape index (κ1) is 13.5. The molecule has 1 aromatic heterocycles. The highest BCUT2D eigenvalue weighted by Crippen LogP contribution is 2.29. The first-order valence-corrected chi connectivity index (χ1v) is 6.98. The number of pyridine rings is 1. The Morgan fingerprint density at radius 1 is 1.14 bits per heavy atom. The van der Waals surface area contributed by atoms with E-state index in [4.69, 9.17) is 5.73 Å². The van der Waals surface area contributed by atoms with Crippen LogP contribution >= 0.6 is 0 Å². The number of fused-ring (bicyclic) bond motifs is 1. The molecular formula is C16H17N3O2. The monoisotopic (exact) mass is 283 g/mol. The molecule has 2 atom stereocenters. The molecule has 0 spiro atoms. The van der Waals surface area contributed by atoms with Gasteiger partial charge >= 0.3 is 0 Å². The van der Waals surface area contributed by atoms with Gasteiger partial charge in [0, 0.05) is 29.1 Å². The second-order valence-corrected chi connectivity index (χ2v) is 5.55. The fourth-order valence-electron chi connectivity index (χ4n) is 2.73. The molecule has 2 unspecified atom stereocenters. The van der Waals surface area contributed by atoms with Crippen LogP contribution in [0.2, 0.25) is 0 Å². The van der Waals surface area contributed by atoms with Gasteiger partial charge in [0.05, 0.1) is 12.1 Å². The zero-order chi connectivity index (χ0) is 15.1. The number of benzene rings is 1. The average Bonchev–Trinajstić information content (AvgIpc) is 2.68. The number of nitrogens with two attached hydrogens (primary N) is 1. The molecule has 3 rings (SSSR count). The zero-order valence-corrected chi connectivity index (χ0v) is 12.0. The molecule has 2 amide bonds. The fourth-order valence-corrected chi connectivity index (χ4v) is 2.73. The summed E-state index contributed by atoms with van der Waals surface area (Å²) in [6.45, 7) is 3.84. The number of carbonyl (C=O) groups is 2. The molecule has 2 N–H and O–H groups in total. The minimum atomic E-state index is -0.259. The zero-order valence-electron chi connectivity index (χ0n) is 12.0. The summed E-state index contributed by atoms with van der Waals surface area (Å²) in [4.78, 5) is 30.1. The van der Waals surface area contributed by atoms with Crippen LogP contribution in [0.5, 0.6) is 0 Å². The second kappa shape index (κ2) is 4.84. The Morgan fingerprint density at radius 2 is 1.81 bits per heavy atom. The highest BCUT2D eigenvalue weighted by Gasteiger charge is 2.42. The number of imide groups is 1. The van der Waals surface area contributed by atoms with Crippen molar-refractivity contribution < 1.29 is 9.59 Å². The third-order valence-corrected chi connectivity index (χ3v) is 4.28. The Kier molecular flexibility index (Phi) is 3.12. The molecule has 2 aromatic rings. The average molecular weight is 283 g/mol. The largest absolute Gasteiger partial charge is 0.398 e. The van der Waals surface area contributed by atoms with Crippen molar-refractivity contribution in [3.8, 4) is 0 Å². The standard InChI is InChI=1S/C16H17N3O2/c1-9-10(2)16(21)19(15(9)20)8-11-5-6-13(17)12-4-3-7-18-14(11)12/h3-7,9-10H,8,17H2,1-2H3. The summed E-state index contributed by atoms with van der Waals surface area (Å²) in [6.07, 6.45) is 1.68. The van der Waals surface area contributed by atoms with E-state index in [0.717, 1.165) is 16.5 Å². The molecule has 5 heteroatoms. The van der Waals surface area contributed by atoms with Crippen molar-refractivity contribution in [2.24, 2.45) is 11.8 Å². The lowest BCUT2D eigenvalue weighted by molar-refractivity contribution is -0.140. The Hall–Kier alpha value is -2.43. The maximum absolute atomic E-state index is 12.2. The van der Waals surface area contributed by atoms with Gasteiger partial charge < -0.3 is 5.73 Å². The van der Waals surface area contributed by atoms with Crippen molar-refractivity contribution in [3.05, 3.63) is 36.0 Å². The van der Waals surface area contributed by atoms with Gasteiger partial charge in [-0.2, -0.15) is 0 Å². The van der Waals surface area contributed by atoms with E-state index in [-0.39, 0.29) is 30.2 Å². The van der Waals surface area contributed by atoms with Gasteiger partial charge in [0.25, 0.3) is 0 Å².